The number of nitrogens with one attached hydrogen (secondary N) is 2. The summed E-state index contributed by atoms with van der Waals surface area (Å²) in [5, 5.41) is 5.61. The van der Waals surface area contributed by atoms with E-state index in [-0.39, 0.29) is 5.84 Å². The van der Waals surface area contributed by atoms with Crippen LogP contribution in [-0.2, 0) is 20.9 Å². The minimum Gasteiger partial charge on any atom is -0.456 e. The van der Waals surface area contributed by atoms with Gasteiger partial charge in [-0.3, -0.25) is 14.9 Å². The van der Waals surface area contributed by atoms with Crippen molar-refractivity contribution in [3.63, 3.8) is 0 Å². The maximum Gasteiger partial charge on any atom is 0.320 e. The molecular weight excluding hydrogens is 310 g/mol. The second-order valence-electron chi connectivity index (χ2n) is 4.31. The molecule has 0 saturated carbocycles. The van der Waals surface area contributed by atoms with E-state index >= 15 is 0 Å². The highest BCUT2D eigenvalue weighted by Crippen LogP contribution is 2.08. The monoisotopic (exact) mass is 325 g/mol. The Bertz CT molecular complexity index is 584. The normalized spacial score (nSPS) is 10.8. The number of amidine groups is 1. The van der Waals surface area contributed by atoms with Crippen molar-refractivity contribution in [2.75, 3.05) is 6.61 Å². The number of hydrogen-bond acceptors (Lipinski definition) is 4. The van der Waals surface area contributed by atoms with E-state index in [1.807, 2.05) is 0 Å². The van der Waals surface area contributed by atoms with Crippen LogP contribution in [0.2, 0.25) is 5.02 Å². The lowest BCUT2D eigenvalue weighted by Gasteiger charge is -2.07. The largest absolute Gasteiger partial charge is 0.456 e. The molecule has 8 heteroatoms. The van der Waals surface area contributed by atoms with Gasteiger partial charge in [0.05, 0.1) is 0 Å². The minimum absolute atomic E-state index is 0.103. The topological polar surface area (TPSA) is 96.9 Å². The van der Waals surface area contributed by atoms with Gasteiger partial charge < -0.3 is 10.1 Å². The van der Waals surface area contributed by atoms with Crippen molar-refractivity contribution in [1.82, 2.24) is 10.6 Å². The van der Waals surface area contributed by atoms with Gasteiger partial charge in [0.15, 0.2) is 6.61 Å². The molecule has 0 saturated heterocycles. The summed E-state index contributed by atoms with van der Waals surface area (Å²) in [5.74, 6) is -1.13. The van der Waals surface area contributed by atoms with Crippen LogP contribution >= 0.6 is 11.6 Å². The fourth-order valence-electron chi connectivity index (χ4n) is 1.40. The maximum atomic E-state index is 11.6. The van der Waals surface area contributed by atoms with E-state index in [0.29, 0.717) is 11.6 Å². The summed E-state index contributed by atoms with van der Waals surface area (Å²) in [6.07, 6.45) is 0. The van der Waals surface area contributed by atoms with Crippen molar-refractivity contribution in [3.05, 3.63) is 34.9 Å². The van der Waals surface area contributed by atoms with Crippen LogP contribution in [0.5, 0.6) is 0 Å². The molecule has 0 radical (unpaired) electrons. The van der Waals surface area contributed by atoms with Gasteiger partial charge in [-0.25, -0.2) is 4.79 Å². The minimum atomic E-state index is -0.661. The van der Waals surface area contributed by atoms with Crippen molar-refractivity contribution >= 4 is 35.3 Å². The van der Waals surface area contributed by atoms with Gasteiger partial charge in [0, 0.05) is 18.5 Å². The smallest absolute Gasteiger partial charge is 0.320 e. The van der Waals surface area contributed by atoms with Gasteiger partial charge in [-0.15, -0.1) is 0 Å². The van der Waals surface area contributed by atoms with Gasteiger partial charge in [0.1, 0.15) is 5.84 Å². The van der Waals surface area contributed by atoms with E-state index in [1.165, 1.54) is 13.8 Å². The van der Waals surface area contributed by atoms with Crippen LogP contribution in [0, 0.1) is 0 Å². The molecule has 3 amide bonds. The Morgan fingerprint density at radius 3 is 2.41 bits per heavy atom. The van der Waals surface area contributed by atoms with Crippen molar-refractivity contribution in [2.24, 2.45) is 4.99 Å². The number of carbonyl (C=O) groups is 3. The SMILES string of the molecule is CC(=O)OCC(=O)N=C(C)NC(=O)NCc1ccc(Cl)cc1. The van der Waals surface area contributed by atoms with Gasteiger partial charge in [0.2, 0.25) is 0 Å². The summed E-state index contributed by atoms with van der Waals surface area (Å²) in [4.78, 5) is 37.0. The molecule has 0 aliphatic heterocycles. The second kappa shape index (κ2) is 8.78. The van der Waals surface area contributed by atoms with Crippen molar-refractivity contribution < 1.29 is 19.1 Å². The molecular formula is C14H16ClN3O4. The van der Waals surface area contributed by atoms with Gasteiger partial charge >= 0.3 is 12.0 Å². The number of hydrogen-bond donors (Lipinski definition) is 2. The highest BCUT2D eigenvalue weighted by atomic mass is 35.5. The zero-order valence-corrected chi connectivity index (χ0v) is 12.9. The molecule has 22 heavy (non-hydrogen) atoms. The first kappa shape index (κ1) is 17.6. The highest BCUT2D eigenvalue weighted by molar-refractivity contribution is 6.30. The third kappa shape index (κ3) is 7.39. The summed E-state index contributed by atoms with van der Waals surface area (Å²) < 4.78 is 4.49. The lowest BCUT2D eigenvalue weighted by Crippen LogP contribution is -2.38. The van der Waals surface area contributed by atoms with Gasteiger partial charge in [-0.05, 0) is 24.6 Å². The molecule has 2 N–H and O–H groups in total. The van der Waals surface area contributed by atoms with Crippen LogP contribution < -0.4 is 10.6 Å². The Morgan fingerprint density at radius 2 is 1.82 bits per heavy atom. The summed E-state index contributed by atoms with van der Waals surface area (Å²) in [6, 6.07) is 6.50. The molecule has 118 valence electrons. The molecule has 1 aromatic carbocycles. The van der Waals surface area contributed by atoms with E-state index in [1.54, 1.807) is 24.3 Å². The molecule has 0 bridgehead atoms. The zero-order chi connectivity index (χ0) is 16.5. The third-order valence-electron chi connectivity index (χ3n) is 2.35. The standard InChI is InChI=1S/C14H16ClN3O4/c1-9(17-13(20)8-22-10(2)19)18-14(21)16-7-11-3-5-12(15)6-4-11/h3-6H,7-8H2,1-2H3,(H2,16,17,18,20,21). The third-order valence-corrected chi connectivity index (χ3v) is 2.60. The maximum absolute atomic E-state index is 11.6. The summed E-state index contributed by atoms with van der Waals surface area (Å²) in [5.41, 5.74) is 0.875. The van der Waals surface area contributed by atoms with E-state index in [9.17, 15) is 14.4 Å². The first-order valence-corrected chi connectivity index (χ1v) is 6.75. The number of ether oxygens (including phenoxy) is 1. The average molecular weight is 326 g/mol. The summed E-state index contributed by atoms with van der Waals surface area (Å²) in [6.45, 7) is 2.48. The molecule has 0 aliphatic rings. The number of rotatable bonds is 4. The Balaban J connectivity index is 2.38. The molecule has 0 aromatic heterocycles. The highest BCUT2D eigenvalue weighted by Gasteiger charge is 2.06. The summed E-state index contributed by atoms with van der Waals surface area (Å²) >= 11 is 5.76. The fraction of sp³-hybridized carbons (Fsp3) is 0.286. The predicted molar refractivity (Wildman–Crippen MR) is 81.6 cm³/mol. The molecule has 1 aromatic rings. The van der Waals surface area contributed by atoms with Crippen LogP contribution in [0.4, 0.5) is 4.79 Å². The number of benzene rings is 1. The number of esters is 1. The molecule has 0 atom stereocenters. The number of aliphatic imine (C=N–C) groups is 1. The molecule has 7 nitrogen and oxygen atoms in total. The molecule has 0 unspecified atom stereocenters. The molecule has 0 fully saturated rings. The fourth-order valence-corrected chi connectivity index (χ4v) is 1.53. The van der Waals surface area contributed by atoms with E-state index in [2.05, 4.69) is 20.4 Å². The van der Waals surface area contributed by atoms with Crippen LogP contribution in [0.25, 0.3) is 0 Å². The number of urea groups is 1. The van der Waals surface area contributed by atoms with Gasteiger partial charge in [-0.1, -0.05) is 23.7 Å². The lowest BCUT2D eigenvalue weighted by atomic mass is 10.2. The Labute approximate surface area is 132 Å². The number of amides is 3. The first-order chi connectivity index (χ1) is 10.4. The van der Waals surface area contributed by atoms with E-state index < -0.39 is 24.5 Å². The van der Waals surface area contributed by atoms with Crippen LogP contribution in [0.1, 0.15) is 19.4 Å². The van der Waals surface area contributed by atoms with Crippen molar-refractivity contribution in [2.45, 2.75) is 20.4 Å². The molecule has 0 aliphatic carbocycles. The van der Waals surface area contributed by atoms with Crippen LogP contribution in [0.15, 0.2) is 29.3 Å². The van der Waals surface area contributed by atoms with Gasteiger partial charge in [-0.2, -0.15) is 4.99 Å². The summed E-state index contributed by atoms with van der Waals surface area (Å²) in [7, 11) is 0. The van der Waals surface area contributed by atoms with Gasteiger partial charge in [0.25, 0.3) is 5.91 Å². The quantitative estimate of drug-likeness (QED) is 0.499. The van der Waals surface area contributed by atoms with Crippen LogP contribution in [0.3, 0.4) is 0 Å². The Hall–Kier alpha value is -2.41. The first-order valence-electron chi connectivity index (χ1n) is 6.37. The number of carbonyl (C=O) groups excluding carboxylic acids is 3. The van der Waals surface area contributed by atoms with Crippen LogP contribution in [-0.4, -0.2) is 30.4 Å². The van der Waals surface area contributed by atoms with E-state index in [0.717, 1.165) is 5.56 Å². The predicted octanol–water partition coefficient (Wildman–Crippen LogP) is 1.65. The van der Waals surface area contributed by atoms with Crippen molar-refractivity contribution in [1.29, 1.82) is 0 Å². The Morgan fingerprint density at radius 1 is 1.18 bits per heavy atom. The molecule has 1 rings (SSSR count). The average Bonchev–Trinajstić information content (AvgIpc) is 2.44. The molecule has 0 heterocycles. The number of halogens is 1. The number of nitrogens with zero attached hydrogens (tertiary/aromatic N) is 1. The Kier molecular flexibility index (Phi) is 7.04. The van der Waals surface area contributed by atoms with Crippen molar-refractivity contribution in [3.8, 4) is 0 Å². The second-order valence-corrected chi connectivity index (χ2v) is 4.74. The van der Waals surface area contributed by atoms with E-state index in [4.69, 9.17) is 11.6 Å². The lowest BCUT2D eigenvalue weighted by molar-refractivity contribution is -0.145. The zero-order valence-electron chi connectivity index (χ0n) is 12.2. The molecule has 0 spiro atoms.